The molecule has 4 aliphatic rings. The van der Waals surface area contributed by atoms with Crippen LogP contribution in [0, 0.1) is 23.7 Å². The average molecular weight is 500 g/mol. The second-order valence-corrected chi connectivity index (χ2v) is 12.3. The van der Waals surface area contributed by atoms with E-state index in [4.69, 9.17) is 0 Å². The third-order valence-electron chi connectivity index (χ3n) is 10.1. The van der Waals surface area contributed by atoms with Crippen molar-refractivity contribution in [1.29, 1.82) is 0 Å². The Morgan fingerprint density at radius 2 is 1.79 bits per heavy atom. The Bertz CT molecular complexity index is 1430. The van der Waals surface area contributed by atoms with Crippen LogP contribution < -0.4 is 0 Å². The zero-order valence-electron chi connectivity index (χ0n) is 22.7. The number of nitrogens with zero attached hydrogens (tertiary/aromatic N) is 1. The van der Waals surface area contributed by atoms with Crippen molar-refractivity contribution in [1.82, 2.24) is 4.57 Å². The third kappa shape index (κ3) is 4.35. The number of hydrogen-bond acceptors (Lipinski definition) is 0. The van der Waals surface area contributed by atoms with Crippen LogP contribution in [0.1, 0.15) is 73.2 Å². The van der Waals surface area contributed by atoms with Crippen molar-refractivity contribution in [2.75, 3.05) is 0 Å². The molecule has 1 heteroatoms. The molecule has 0 spiro atoms. The van der Waals surface area contributed by atoms with E-state index in [9.17, 15) is 0 Å². The zero-order chi connectivity index (χ0) is 25.5. The second-order valence-electron chi connectivity index (χ2n) is 12.3. The molecule has 0 aliphatic heterocycles. The van der Waals surface area contributed by atoms with Gasteiger partial charge in [-0.2, -0.15) is 0 Å². The van der Waals surface area contributed by atoms with Gasteiger partial charge in [0.25, 0.3) is 0 Å². The Hall–Kier alpha value is -3.06. The number of aromatic nitrogens is 1. The molecule has 0 N–H and O–H groups in total. The Morgan fingerprint density at radius 3 is 2.63 bits per heavy atom. The predicted molar refractivity (Wildman–Crippen MR) is 161 cm³/mol. The normalized spacial score (nSPS) is 28.5. The summed E-state index contributed by atoms with van der Waals surface area (Å²) in [4.78, 5) is 0. The van der Waals surface area contributed by atoms with Gasteiger partial charge in [0, 0.05) is 29.1 Å². The monoisotopic (exact) mass is 499 g/mol. The van der Waals surface area contributed by atoms with Crippen LogP contribution in [-0.4, -0.2) is 4.57 Å². The Labute approximate surface area is 228 Å². The number of rotatable bonds is 4. The average Bonchev–Trinajstić information content (AvgIpc) is 3.27. The topological polar surface area (TPSA) is 4.93 Å². The van der Waals surface area contributed by atoms with Crippen molar-refractivity contribution in [3.05, 3.63) is 113 Å². The molecule has 0 amide bonds. The van der Waals surface area contributed by atoms with Crippen LogP contribution in [0.5, 0.6) is 0 Å². The van der Waals surface area contributed by atoms with Gasteiger partial charge in [-0.05, 0) is 110 Å². The highest BCUT2D eigenvalue weighted by Crippen LogP contribution is 2.46. The summed E-state index contributed by atoms with van der Waals surface area (Å²) in [7, 11) is 0. The maximum Gasteiger partial charge on any atom is 0.0488 e. The summed E-state index contributed by atoms with van der Waals surface area (Å²) in [5.74, 6) is 3.17. The van der Waals surface area contributed by atoms with E-state index in [0.29, 0.717) is 17.8 Å². The first kappa shape index (κ1) is 24.0. The molecule has 1 aromatic heterocycles. The van der Waals surface area contributed by atoms with E-state index in [1.165, 1.54) is 68.0 Å². The Morgan fingerprint density at radius 1 is 0.895 bits per heavy atom. The maximum absolute atomic E-state index is 4.02. The molecule has 194 valence electrons. The molecule has 0 fully saturated rings. The minimum absolute atomic E-state index is 0.517. The maximum atomic E-state index is 4.02. The second kappa shape index (κ2) is 10.3. The van der Waals surface area contributed by atoms with Crippen molar-refractivity contribution >= 4 is 17.0 Å². The fraction of sp³-hybridized carbons (Fsp3) is 0.405. The van der Waals surface area contributed by atoms with Gasteiger partial charge in [0.2, 0.25) is 0 Å². The summed E-state index contributed by atoms with van der Waals surface area (Å²) in [5.41, 5.74) is 9.34. The number of allylic oxidation sites excluding steroid dienone is 6. The van der Waals surface area contributed by atoms with Gasteiger partial charge in [-0.15, -0.1) is 6.58 Å². The Kier molecular flexibility index (Phi) is 6.48. The summed E-state index contributed by atoms with van der Waals surface area (Å²) < 4.78 is 2.67. The van der Waals surface area contributed by atoms with Crippen LogP contribution in [-0.2, 0) is 19.4 Å². The SMILES string of the molecule is C=CC1C=CC(Cn2c3c(c4ccccc42)CC2C(=C3)CCC(C3C=CCCC3)Cc3ccccc32)CC1. The van der Waals surface area contributed by atoms with Gasteiger partial charge in [0.15, 0.2) is 0 Å². The number of fused-ring (bicyclic) bond motifs is 6. The van der Waals surface area contributed by atoms with Gasteiger partial charge < -0.3 is 4.57 Å². The zero-order valence-corrected chi connectivity index (χ0v) is 22.7. The highest BCUT2D eigenvalue weighted by atomic mass is 15.0. The molecule has 7 rings (SSSR count). The van der Waals surface area contributed by atoms with Gasteiger partial charge in [0.05, 0.1) is 0 Å². The van der Waals surface area contributed by atoms with Gasteiger partial charge in [-0.25, -0.2) is 0 Å². The van der Waals surface area contributed by atoms with E-state index in [2.05, 4.69) is 96.1 Å². The lowest BCUT2D eigenvalue weighted by atomic mass is 9.70. The van der Waals surface area contributed by atoms with E-state index in [1.54, 1.807) is 22.3 Å². The van der Waals surface area contributed by atoms with Gasteiger partial charge >= 0.3 is 0 Å². The van der Waals surface area contributed by atoms with E-state index in [0.717, 1.165) is 24.8 Å². The van der Waals surface area contributed by atoms with Crippen LogP contribution >= 0.6 is 0 Å². The summed E-state index contributed by atoms with van der Waals surface area (Å²) >= 11 is 0. The molecule has 1 nitrogen and oxygen atoms in total. The number of hydrogen-bond donors (Lipinski definition) is 0. The molecule has 5 atom stereocenters. The first-order chi connectivity index (χ1) is 18.8. The minimum Gasteiger partial charge on any atom is -0.340 e. The van der Waals surface area contributed by atoms with Crippen LogP contribution in [0.2, 0.25) is 0 Å². The molecule has 0 radical (unpaired) electrons. The molecule has 1 heterocycles. The lowest BCUT2D eigenvalue weighted by Gasteiger charge is -2.35. The van der Waals surface area contributed by atoms with Crippen molar-refractivity contribution < 1.29 is 0 Å². The molecule has 0 bridgehead atoms. The highest BCUT2D eigenvalue weighted by molar-refractivity contribution is 5.89. The first-order valence-electron chi connectivity index (χ1n) is 15.1. The first-order valence-corrected chi connectivity index (χ1v) is 15.1. The highest BCUT2D eigenvalue weighted by Gasteiger charge is 2.33. The van der Waals surface area contributed by atoms with E-state index >= 15 is 0 Å². The molecule has 3 aromatic rings. The third-order valence-corrected chi connectivity index (χ3v) is 10.1. The predicted octanol–water partition coefficient (Wildman–Crippen LogP) is 9.44. The number of benzene rings is 2. The fourth-order valence-corrected chi connectivity index (χ4v) is 8.01. The lowest BCUT2D eigenvalue weighted by Crippen LogP contribution is -2.24. The Balaban J connectivity index is 1.30. The van der Waals surface area contributed by atoms with E-state index in [1.807, 2.05) is 0 Å². The molecular weight excluding hydrogens is 458 g/mol. The largest absolute Gasteiger partial charge is 0.340 e. The molecule has 2 aromatic carbocycles. The van der Waals surface area contributed by atoms with Crippen LogP contribution in [0.3, 0.4) is 0 Å². The van der Waals surface area contributed by atoms with Crippen LogP contribution in [0.15, 0.2) is 91.1 Å². The van der Waals surface area contributed by atoms with E-state index in [-0.39, 0.29) is 0 Å². The summed E-state index contributed by atoms with van der Waals surface area (Å²) in [5, 5.41) is 1.46. The fourth-order valence-electron chi connectivity index (χ4n) is 8.01. The smallest absolute Gasteiger partial charge is 0.0488 e. The number of para-hydroxylation sites is 1. The van der Waals surface area contributed by atoms with E-state index < -0.39 is 0 Å². The molecule has 38 heavy (non-hydrogen) atoms. The lowest BCUT2D eigenvalue weighted by molar-refractivity contribution is 0.327. The molecule has 0 saturated carbocycles. The molecule has 0 saturated heterocycles. The van der Waals surface area contributed by atoms with Crippen molar-refractivity contribution in [2.45, 2.75) is 70.3 Å². The summed E-state index contributed by atoms with van der Waals surface area (Å²) in [6, 6.07) is 18.6. The molecule has 4 aliphatic carbocycles. The van der Waals surface area contributed by atoms with Gasteiger partial charge in [-0.1, -0.05) is 78.4 Å². The van der Waals surface area contributed by atoms with Crippen LogP contribution in [0.25, 0.3) is 17.0 Å². The summed E-state index contributed by atoms with van der Waals surface area (Å²) in [6.07, 6.45) is 26.0. The van der Waals surface area contributed by atoms with Gasteiger partial charge in [0.1, 0.15) is 0 Å². The van der Waals surface area contributed by atoms with Crippen molar-refractivity contribution in [2.24, 2.45) is 23.7 Å². The standard InChI is InChI=1S/C37H41N/c1-2-26-16-18-27(19-17-26)25-38-36-15-9-8-14-33(36)35-24-34-31(23-37(35)38)21-20-29(28-10-4-3-5-11-28)22-30-12-6-7-13-32(30)34/h2,4,6-10,12-16,18,23,26-29,34H,1,3,5,11,17,19-22,24-25H2. The van der Waals surface area contributed by atoms with Gasteiger partial charge in [-0.3, -0.25) is 0 Å². The van der Waals surface area contributed by atoms with Crippen LogP contribution in [0.4, 0.5) is 0 Å². The van der Waals surface area contributed by atoms with Crippen molar-refractivity contribution in [3.8, 4) is 0 Å². The summed E-state index contributed by atoms with van der Waals surface area (Å²) in [6.45, 7) is 5.10. The van der Waals surface area contributed by atoms with Crippen molar-refractivity contribution in [3.63, 3.8) is 0 Å². The quantitative estimate of drug-likeness (QED) is 0.315. The molecule has 5 unspecified atom stereocenters. The minimum atomic E-state index is 0.517. The molecular formula is C37H41N.